The van der Waals surface area contributed by atoms with Crippen LogP contribution in [0.4, 0.5) is 18.9 Å². The second-order valence-corrected chi connectivity index (χ2v) is 8.30. The fraction of sp³-hybridized carbons (Fsp3) is 0.476. The number of hydrogen-bond donors (Lipinski definition) is 2. The van der Waals surface area contributed by atoms with Gasteiger partial charge in [0.15, 0.2) is 0 Å². The molecule has 1 amide bonds. The zero-order chi connectivity index (χ0) is 21.6. The van der Waals surface area contributed by atoms with Crippen molar-refractivity contribution in [3.8, 4) is 11.5 Å². The molecule has 0 radical (unpaired) electrons. The standard InChI is InChI=1S/C21H22F3N5O2/c22-21(23,24)11-29-16-3-1-2-15(25-9-12-4-5-12)14(16)8-17(29)19-27-18(31-28-19)10-26-20(30)13-6-7-13/h1-3,8,12-13,25H,4-7,9-11H2,(H,26,30). The number of hydrogen-bond acceptors (Lipinski definition) is 5. The van der Waals surface area contributed by atoms with Gasteiger partial charge in [-0.3, -0.25) is 4.79 Å². The lowest BCUT2D eigenvalue weighted by atomic mass is 10.2. The third-order valence-corrected chi connectivity index (χ3v) is 5.62. The highest BCUT2D eigenvalue weighted by Crippen LogP contribution is 2.35. The summed E-state index contributed by atoms with van der Waals surface area (Å²) in [7, 11) is 0. The maximum Gasteiger partial charge on any atom is 0.406 e. The number of carbonyl (C=O) groups is 1. The Bertz CT molecular complexity index is 1110. The molecular weight excluding hydrogens is 411 g/mol. The van der Waals surface area contributed by atoms with Crippen LogP contribution in [0.25, 0.3) is 22.4 Å². The Morgan fingerprint density at radius 3 is 2.74 bits per heavy atom. The molecule has 31 heavy (non-hydrogen) atoms. The molecule has 0 atom stereocenters. The Balaban J connectivity index is 1.46. The number of aromatic nitrogens is 3. The number of alkyl halides is 3. The fourth-order valence-corrected chi connectivity index (χ4v) is 3.63. The van der Waals surface area contributed by atoms with E-state index in [1.54, 1.807) is 18.2 Å². The molecule has 2 saturated carbocycles. The maximum atomic E-state index is 13.4. The molecule has 0 spiro atoms. The lowest BCUT2D eigenvalue weighted by molar-refractivity contribution is -0.139. The van der Waals surface area contributed by atoms with Crippen LogP contribution in [0.5, 0.6) is 0 Å². The van der Waals surface area contributed by atoms with Gasteiger partial charge in [-0.15, -0.1) is 0 Å². The molecule has 10 heteroatoms. The van der Waals surface area contributed by atoms with E-state index >= 15 is 0 Å². The summed E-state index contributed by atoms with van der Waals surface area (Å²) in [6, 6.07) is 6.92. The first-order valence-corrected chi connectivity index (χ1v) is 10.4. The molecule has 0 saturated heterocycles. The van der Waals surface area contributed by atoms with Crippen LogP contribution >= 0.6 is 0 Å². The summed E-state index contributed by atoms with van der Waals surface area (Å²) < 4.78 is 46.4. The quantitative estimate of drug-likeness (QED) is 0.559. The van der Waals surface area contributed by atoms with Gasteiger partial charge in [0, 0.05) is 23.5 Å². The van der Waals surface area contributed by atoms with Crippen LogP contribution in [-0.2, 0) is 17.9 Å². The van der Waals surface area contributed by atoms with E-state index in [1.807, 2.05) is 6.07 Å². The molecule has 2 heterocycles. The van der Waals surface area contributed by atoms with Crippen LogP contribution in [0.2, 0.25) is 0 Å². The first-order valence-electron chi connectivity index (χ1n) is 10.4. The van der Waals surface area contributed by atoms with Gasteiger partial charge in [-0.2, -0.15) is 18.2 Å². The van der Waals surface area contributed by atoms with Gasteiger partial charge in [0.05, 0.1) is 17.8 Å². The lowest BCUT2D eigenvalue weighted by Gasteiger charge is -2.12. The Morgan fingerprint density at radius 1 is 1.23 bits per heavy atom. The van der Waals surface area contributed by atoms with E-state index in [9.17, 15) is 18.0 Å². The topological polar surface area (TPSA) is 85.0 Å². The third kappa shape index (κ3) is 4.52. The van der Waals surface area contributed by atoms with Crippen LogP contribution in [0.1, 0.15) is 31.6 Å². The molecule has 2 N–H and O–H groups in total. The smallest absolute Gasteiger partial charge is 0.384 e. The van der Waals surface area contributed by atoms with Crippen molar-refractivity contribution in [1.82, 2.24) is 20.0 Å². The highest BCUT2D eigenvalue weighted by atomic mass is 19.4. The SMILES string of the molecule is O=C(NCc1nc(-c2cc3c(NCC4CC4)cccc3n2CC(F)(F)F)no1)C1CC1. The molecule has 2 fully saturated rings. The van der Waals surface area contributed by atoms with Crippen molar-refractivity contribution in [2.45, 2.75) is 44.9 Å². The van der Waals surface area contributed by atoms with Gasteiger partial charge in [0.25, 0.3) is 0 Å². The van der Waals surface area contributed by atoms with E-state index in [0.717, 1.165) is 29.6 Å². The molecule has 0 unspecified atom stereocenters. The summed E-state index contributed by atoms with van der Waals surface area (Å²) in [5, 5.41) is 10.6. The van der Waals surface area contributed by atoms with E-state index in [2.05, 4.69) is 20.8 Å². The Hall–Kier alpha value is -3.04. The highest BCUT2D eigenvalue weighted by molar-refractivity contribution is 5.96. The van der Waals surface area contributed by atoms with Crippen LogP contribution < -0.4 is 10.6 Å². The molecule has 3 aromatic rings. The predicted octanol–water partition coefficient (Wildman–Crippen LogP) is 4.10. The number of halogens is 3. The molecule has 0 aliphatic heterocycles. The van der Waals surface area contributed by atoms with Crippen molar-refractivity contribution < 1.29 is 22.5 Å². The number of fused-ring (bicyclic) bond motifs is 1. The van der Waals surface area contributed by atoms with E-state index in [1.165, 1.54) is 12.8 Å². The molecule has 5 rings (SSSR count). The summed E-state index contributed by atoms with van der Waals surface area (Å²) in [6.07, 6.45) is -0.327. The normalized spacial score (nSPS) is 16.6. The Kier molecular flexibility index (Phi) is 4.86. The van der Waals surface area contributed by atoms with Gasteiger partial charge >= 0.3 is 6.18 Å². The molecule has 2 aromatic heterocycles. The van der Waals surface area contributed by atoms with Gasteiger partial charge in [-0.25, -0.2) is 0 Å². The van der Waals surface area contributed by atoms with Crippen molar-refractivity contribution in [3.05, 3.63) is 30.2 Å². The zero-order valence-corrected chi connectivity index (χ0v) is 16.7. The number of nitrogens with one attached hydrogen (secondary N) is 2. The number of amides is 1. The second kappa shape index (κ2) is 7.58. The molecule has 1 aromatic carbocycles. The number of nitrogens with zero attached hydrogens (tertiary/aromatic N) is 3. The summed E-state index contributed by atoms with van der Waals surface area (Å²) in [4.78, 5) is 16.0. The predicted molar refractivity (Wildman–Crippen MR) is 107 cm³/mol. The largest absolute Gasteiger partial charge is 0.406 e. The van der Waals surface area contributed by atoms with Crippen LogP contribution in [-0.4, -0.2) is 33.3 Å². The Morgan fingerprint density at radius 2 is 2.03 bits per heavy atom. The molecule has 0 bridgehead atoms. The summed E-state index contributed by atoms with van der Waals surface area (Å²) in [5.41, 5.74) is 1.45. The molecule has 2 aliphatic carbocycles. The van der Waals surface area contributed by atoms with Crippen LogP contribution in [0.3, 0.4) is 0 Å². The van der Waals surface area contributed by atoms with Gasteiger partial charge in [-0.05, 0) is 49.8 Å². The number of rotatable bonds is 8. The van der Waals surface area contributed by atoms with Gasteiger partial charge in [0.1, 0.15) is 6.54 Å². The molecule has 2 aliphatic rings. The minimum absolute atomic E-state index is 0.0401. The molecule has 164 valence electrons. The summed E-state index contributed by atoms with van der Waals surface area (Å²) >= 11 is 0. The van der Waals surface area contributed by atoms with E-state index in [-0.39, 0.29) is 35.8 Å². The molecule has 7 nitrogen and oxygen atoms in total. The van der Waals surface area contributed by atoms with Gasteiger partial charge < -0.3 is 19.7 Å². The maximum absolute atomic E-state index is 13.4. The van der Waals surface area contributed by atoms with Gasteiger partial charge in [-0.1, -0.05) is 11.2 Å². The van der Waals surface area contributed by atoms with E-state index < -0.39 is 12.7 Å². The lowest BCUT2D eigenvalue weighted by Crippen LogP contribution is -2.24. The molecular formula is C21H22F3N5O2. The number of anilines is 1. The summed E-state index contributed by atoms with van der Waals surface area (Å²) in [6.45, 7) is -0.317. The van der Waals surface area contributed by atoms with Crippen LogP contribution in [0, 0.1) is 11.8 Å². The first kappa shape index (κ1) is 19.9. The average Bonchev–Trinajstić information content (AvgIpc) is 3.65. The highest BCUT2D eigenvalue weighted by Gasteiger charge is 2.32. The van der Waals surface area contributed by atoms with Crippen molar-refractivity contribution in [3.63, 3.8) is 0 Å². The fourth-order valence-electron chi connectivity index (χ4n) is 3.63. The second-order valence-electron chi connectivity index (χ2n) is 8.30. The number of benzene rings is 1. The van der Waals surface area contributed by atoms with Gasteiger partial charge in [0.2, 0.25) is 17.6 Å². The zero-order valence-electron chi connectivity index (χ0n) is 16.7. The van der Waals surface area contributed by atoms with Crippen molar-refractivity contribution in [2.75, 3.05) is 11.9 Å². The van der Waals surface area contributed by atoms with Crippen LogP contribution in [0.15, 0.2) is 28.8 Å². The van der Waals surface area contributed by atoms with Crippen molar-refractivity contribution in [2.24, 2.45) is 11.8 Å². The average molecular weight is 433 g/mol. The third-order valence-electron chi connectivity index (χ3n) is 5.62. The minimum Gasteiger partial charge on any atom is -0.384 e. The van der Waals surface area contributed by atoms with Crippen molar-refractivity contribution in [1.29, 1.82) is 0 Å². The Labute approximate surface area is 176 Å². The van der Waals surface area contributed by atoms with E-state index in [4.69, 9.17) is 4.52 Å². The summed E-state index contributed by atoms with van der Waals surface area (Å²) in [5.74, 6) is 0.803. The number of carbonyl (C=O) groups excluding carboxylic acids is 1. The monoisotopic (exact) mass is 433 g/mol. The minimum atomic E-state index is -4.41. The van der Waals surface area contributed by atoms with E-state index in [0.29, 0.717) is 16.8 Å². The van der Waals surface area contributed by atoms with Crippen molar-refractivity contribution >= 4 is 22.5 Å². The first-order chi connectivity index (χ1) is 14.9.